The molecule has 0 unspecified atom stereocenters. The van der Waals surface area contributed by atoms with Gasteiger partial charge in [-0.25, -0.2) is 0 Å². The fourth-order valence-corrected chi connectivity index (χ4v) is 2.12. The van der Waals surface area contributed by atoms with E-state index in [0.717, 1.165) is 5.39 Å². The highest BCUT2D eigenvalue weighted by molar-refractivity contribution is 6.10. The molecule has 0 saturated carbocycles. The van der Waals surface area contributed by atoms with E-state index >= 15 is 0 Å². The summed E-state index contributed by atoms with van der Waals surface area (Å²) in [6, 6.07) is 14.3. The van der Waals surface area contributed by atoms with Crippen LogP contribution in [-0.2, 0) is 0 Å². The van der Waals surface area contributed by atoms with Gasteiger partial charge in [0.05, 0.1) is 12.8 Å². The van der Waals surface area contributed by atoms with E-state index in [1.54, 1.807) is 37.4 Å². The highest BCUT2D eigenvalue weighted by Gasteiger charge is 2.18. The van der Waals surface area contributed by atoms with Crippen LogP contribution in [0.5, 0.6) is 5.75 Å². The van der Waals surface area contributed by atoms with Crippen LogP contribution in [0.3, 0.4) is 0 Å². The Morgan fingerprint density at radius 1 is 1.19 bits per heavy atom. The highest BCUT2D eigenvalue weighted by atomic mass is 16.5. The monoisotopic (exact) mass is 282 g/mol. The number of carbonyl (C=O) groups excluding carboxylic acids is 1. The van der Waals surface area contributed by atoms with E-state index in [1.165, 1.54) is 0 Å². The van der Waals surface area contributed by atoms with Crippen molar-refractivity contribution in [2.45, 2.75) is 0 Å². The molecule has 0 radical (unpaired) electrons. The Hall–Kier alpha value is -2.95. The molecule has 5 heteroatoms. The number of methoxy groups -OCH3 is 1. The van der Waals surface area contributed by atoms with E-state index in [2.05, 4.69) is 5.32 Å². The van der Waals surface area contributed by atoms with Crippen molar-refractivity contribution in [3.8, 4) is 5.75 Å². The second-order valence-corrected chi connectivity index (χ2v) is 4.53. The number of carbonyl (C=O) groups is 1. The van der Waals surface area contributed by atoms with Crippen molar-refractivity contribution >= 4 is 28.3 Å². The number of nitrogens with two attached hydrogens (primary N) is 1. The average Bonchev–Trinajstić information content (AvgIpc) is 2.85. The molecule has 0 aliphatic rings. The number of nitrogens with one attached hydrogen (secondary N) is 1. The number of amides is 1. The molecule has 0 saturated heterocycles. The van der Waals surface area contributed by atoms with Gasteiger partial charge in [0.25, 0.3) is 5.91 Å². The average molecular weight is 282 g/mol. The van der Waals surface area contributed by atoms with Gasteiger partial charge in [0.1, 0.15) is 11.3 Å². The van der Waals surface area contributed by atoms with Crippen molar-refractivity contribution in [1.82, 2.24) is 0 Å². The van der Waals surface area contributed by atoms with Crippen LogP contribution in [0, 0.1) is 0 Å². The zero-order valence-electron chi connectivity index (χ0n) is 11.4. The Bertz CT molecular complexity index is 808. The largest absolute Gasteiger partial charge is 0.497 e. The quantitative estimate of drug-likeness (QED) is 0.772. The van der Waals surface area contributed by atoms with Gasteiger partial charge in [0.2, 0.25) is 5.76 Å². The molecule has 0 bridgehead atoms. The Morgan fingerprint density at radius 2 is 2.00 bits per heavy atom. The van der Waals surface area contributed by atoms with E-state index in [9.17, 15) is 4.79 Å². The first-order valence-corrected chi connectivity index (χ1v) is 6.41. The van der Waals surface area contributed by atoms with Crippen molar-refractivity contribution in [1.29, 1.82) is 0 Å². The van der Waals surface area contributed by atoms with Crippen LogP contribution in [0.1, 0.15) is 10.6 Å². The van der Waals surface area contributed by atoms with Gasteiger partial charge >= 0.3 is 0 Å². The molecule has 1 heterocycles. The van der Waals surface area contributed by atoms with Crippen LogP contribution in [-0.4, -0.2) is 13.0 Å². The van der Waals surface area contributed by atoms with Crippen LogP contribution >= 0.6 is 0 Å². The molecule has 3 N–H and O–H groups in total. The lowest BCUT2D eigenvalue weighted by Gasteiger charge is -2.05. The highest BCUT2D eigenvalue weighted by Crippen LogP contribution is 2.28. The summed E-state index contributed by atoms with van der Waals surface area (Å²) >= 11 is 0. The molecule has 5 nitrogen and oxygen atoms in total. The minimum absolute atomic E-state index is 0.110. The fourth-order valence-electron chi connectivity index (χ4n) is 2.12. The van der Waals surface area contributed by atoms with E-state index in [-0.39, 0.29) is 5.76 Å². The maximum atomic E-state index is 12.3. The molecule has 106 valence electrons. The molecular weight excluding hydrogens is 268 g/mol. The zero-order valence-corrected chi connectivity index (χ0v) is 11.4. The number of hydrogen-bond donors (Lipinski definition) is 2. The number of ether oxygens (including phenoxy) is 1. The summed E-state index contributed by atoms with van der Waals surface area (Å²) in [7, 11) is 1.57. The number of hydrogen-bond acceptors (Lipinski definition) is 4. The minimum atomic E-state index is -0.392. The van der Waals surface area contributed by atoms with Gasteiger partial charge in [-0.3, -0.25) is 4.79 Å². The third kappa shape index (κ3) is 2.41. The van der Waals surface area contributed by atoms with Crippen LogP contribution in [0.4, 0.5) is 11.4 Å². The molecule has 1 aromatic heterocycles. The zero-order chi connectivity index (χ0) is 14.8. The maximum Gasteiger partial charge on any atom is 0.293 e. The van der Waals surface area contributed by atoms with Gasteiger partial charge in [0.15, 0.2) is 0 Å². The second-order valence-electron chi connectivity index (χ2n) is 4.53. The van der Waals surface area contributed by atoms with Crippen molar-refractivity contribution in [3.63, 3.8) is 0 Å². The molecule has 3 aromatic rings. The first kappa shape index (κ1) is 13.1. The summed E-state index contributed by atoms with van der Waals surface area (Å²) in [6.07, 6.45) is 0. The number of furan rings is 1. The van der Waals surface area contributed by atoms with Gasteiger partial charge in [-0.05, 0) is 24.3 Å². The smallest absolute Gasteiger partial charge is 0.293 e. The molecule has 0 atom stereocenters. The predicted molar refractivity (Wildman–Crippen MR) is 81.6 cm³/mol. The van der Waals surface area contributed by atoms with Crippen molar-refractivity contribution in [2.75, 3.05) is 18.2 Å². The van der Waals surface area contributed by atoms with Crippen molar-refractivity contribution in [3.05, 3.63) is 54.3 Å². The summed E-state index contributed by atoms with van der Waals surface area (Å²) in [5.41, 5.74) is 7.51. The minimum Gasteiger partial charge on any atom is -0.497 e. The first-order valence-electron chi connectivity index (χ1n) is 6.41. The molecule has 21 heavy (non-hydrogen) atoms. The Kier molecular flexibility index (Phi) is 3.23. The fraction of sp³-hybridized carbons (Fsp3) is 0.0625. The van der Waals surface area contributed by atoms with Crippen molar-refractivity contribution < 1.29 is 13.9 Å². The summed E-state index contributed by atoms with van der Waals surface area (Å²) in [4.78, 5) is 12.3. The molecule has 1 amide bonds. The molecule has 0 aliphatic carbocycles. The van der Waals surface area contributed by atoms with Gasteiger partial charge in [-0.2, -0.15) is 0 Å². The molecular formula is C16H14N2O3. The maximum absolute atomic E-state index is 12.3. The molecule has 0 aliphatic heterocycles. The third-order valence-corrected chi connectivity index (χ3v) is 3.17. The molecule has 0 spiro atoms. The second kappa shape index (κ2) is 5.20. The number of rotatable bonds is 3. The number of nitrogen functional groups attached to an aromatic ring is 1. The van der Waals surface area contributed by atoms with Gasteiger partial charge in [-0.15, -0.1) is 0 Å². The molecule has 2 aromatic carbocycles. The van der Waals surface area contributed by atoms with Gasteiger partial charge < -0.3 is 20.2 Å². The molecule has 3 rings (SSSR count). The van der Waals surface area contributed by atoms with E-state index < -0.39 is 5.91 Å². The van der Waals surface area contributed by atoms with Gasteiger partial charge in [0, 0.05) is 17.1 Å². The summed E-state index contributed by atoms with van der Waals surface area (Å²) in [5.74, 6) is 0.376. The SMILES string of the molecule is COc1cccc(NC(=O)c2oc3ccccc3c2N)c1. The van der Waals surface area contributed by atoms with Crippen molar-refractivity contribution in [2.24, 2.45) is 0 Å². The number of benzene rings is 2. The van der Waals surface area contributed by atoms with E-state index in [4.69, 9.17) is 14.9 Å². The topological polar surface area (TPSA) is 77.5 Å². The Morgan fingerprint density at radius 3 is 2.76 bits per heavy atom. The van der Waals surface area contributed by atoms with E-state index in [1.807, 2.05) is 18.2 Å². The third-order valence-electron chi connectivity index (χ3n) is 3.17. The lowest BCUT2D eigenvalue weighted by molar-refractivity contribution is 0.1000. The van der Waals surface area contributed by atoms with Crippen LogP contribution < -0.4 is 15.8 Å². The normalized spacial score (nSPS) is 10.5. The van der Waals surface area contributed by atoms with Gasteiger partial charge in [-0.1, -0.05) is 18.2 Å². The standard InChI is InChI=1S/C16H14N2O3/c1-20-11-6-4-5-10(9-11)18-16(19)15-14(17)12-7-2-3-8-13(12)21-15/h2-9H,17H2,1H3,(H,18,19). The molecule has 0 fully saturated rings. The lowest BCUT2D eigenvalue weighted by atomic mass is 10.2. The van der Waals surface area contributed by atoms with E-state index in [0.29, 0.717) is 22.7 Å². The van der Waals surface area contributed by atoms with Crippen LogP contribution in [0.2, 0.25) is 0 Å². The summed E-state index contributed by atoms with van der Waals surface area (Å²) < 4.78 is 10.6. The predicted octanol–water partition coefficient (Wildman–Crippen LogP) is 3.28. The number of anilines is 2. The number of para-hydroxylation sites is 1. The Labute approximate surface area is 121 Å². The number of fused-ring (bicyclic) bond motifs is 1. The Balaban J connectivity index is 1.91. The first-order chi connectivity index (χ1) is 10.2. The summed E-state index contributed by atoms with van der Waals surface area (Å²) in [6.45, 7) is 0. The van der Waals surface area contributed by atoms with Crippen LogP contribution in [0.25, 0.3) is 11.0 Å². The van der Waals surface area contributed by atoms with Crippen LogP contribution in [0.15, 0.2) is 52.9 Å². The lowest BCUT2D eigenvalue weighted by Crippen LogP contribution is -2.12. The summed E-state index contributed by atoms with van der Waals surface area (Å²) in [5, 5.41) is 3.47.